The molecule has 7 nitrogen and oxygen atoms in total. The fourth-order valence-electron chi connectivity index (χ4n) is 2.36. The van der Waals surface area contributed by atoms with Gasteiger partial charge in [0, 0.05) is 29.7 Å². The maximum absolute atomic E-state index is 12.4. The summed E-state index contributed by atoms with van der Waals surface area (Å²) in [5.41, 5.74) is 6.46. The topological polar surface area (TPSA) is 116 Å². The van der Waals surface area contributed by atoms with E-state index in [9.17, 15) is 18.0 Å². The van der Waals surface area contributed by atoms with Crippen LogP contribution in [0.25, 0.3) is 0 Å². The van der Waals surface area contributed by atoms with E-state index in [0.29, 0.717) is 11.1 Å². The third kappa shape index (κ3) is 4.47. The zero-order chi connectivity index (χ0) is 17.2. The summed E-state index contributed by atoms with van der Waals surface area (Å²) in [6, 6.07) is 6.21. The van der Waals surface area contributed by atoms with Crippen molar-refractivity contribution in [1.29, 1.82) is 0 Å². The molecule has 0 saturated carbocycles. The summed E-state index contributed by atoms with van der Waals surface area (Å²) in [6.07, 6.45) is 1.26. The summed E-state index contributed by atoms with van der Waals surface area (Å²) >= 11 is 0. The van der Waals surface area contributed by atoms with Crippen LogP contribution in [-0.4, -0.2) is 38.5 Å². The summed E-state index contributed by atoms with van der Waals surface area (Å²) in [4.78, 5) is 24.4. The third-order valence-corrected chi connectivity index (χ3v) is 3.84. The lowest BCUT2D eigenvalue weighted by molar-refractivity contribution is 0.0975. The van der Waals surface area contributed by atoms with E-state index in [2.05, 4.69) is 9.50 Å². The van der Waals surface area contributed by atoms with Crippen molar-refractivity contribution in [2.75, 3.05) is 6.26 Å². The van der Waals surface area contributed by atoms with Crippen LogP contribution in [0.2, 0.25) is 0 Å². The molecule has 0 saturated heterocycles. The number of Topliss-reactive ketones (excluding diaryl/α,β-unsaturated/α-hetero) is 1. The van der Waals surface area contributed by atoms with Gasteiger partial charge in [-0.15, -0.1) is 0 Å². The number of rotatable bonds is 6. The Kier molecular flexibility index (Phi) is 4.98. The minimum absolute atomic E-state index is 0.146. The number of fused-ring (bicyclic) bond motifs is 1. The number of ketones is 2. The third-order valence-electron chi connectivity index (χ3n) is 3.24. The lowest BCUT2D eigenvalue weighted by Gasteiger charge is -2.22. The quantitative estimate of drug-likeness (QED) is 0.576. The molecule has 2 atom stereocenters. The molecule has 0 radical (unpaired) electrons. The van der Waals surface area contributed by atoms with Crippen molar-refractivity contribution in [3.05, 3.63) is 47.2 Å². The zero-order valence-electron chi connectivity index (χ0n) is 12.8. The van der Waals surface area contributed by atoms with Gasteiger partial charge < -0.3 is 11.1 Å². The Labute approximate surface area is 134 Å². The summed E-state index contributed by atoms with van der Waals surface area (Å²) in [5.74, 6) is -0.545. The van der Waals surface area contributed by atoms with Crippen LogP contribution in [0.3, 0.4) is 0 Å². The number of hydrogen-bond donors (Lipinski definition) is 2. The molecule has 0 bridgehead atoms. The molecule has 0 fully saturated rings. The van der Waals surface area contributed by atoms with Gasteiger partial charge in [0.25, 0.3) is 10.1 Å². The SMILES string of the molecule is CC(CC(N)OS(C)(=O)=O)NC1=CC(=O)c2ccccc2C1=O. The molecule has 2 unspecified atom stereocenters. The zero-order valence-corrected chi connectivity index (χ0v) is 13.6. The Hall–Kier alpha value is -2.03. The first-order chi connectivity index (χ1) is 10.7. The van der Waals surface area contributed by atoms with E-state index in [1.54, 1.807) is 31.2 Å². The first-order valence-corrected chi connectivity index (χ1v) is 8.79. The molecule has 1 aliphatic rings. The van der Waals surface area contributed by atoms with Gasteiger partial charge in [0.15, 0.2) is 5.78 Å². The van der Waals surface area contributed by atoms with E-state index in [1.807, 2.05) is 0 Å². The van der Waals surface area contributed by atoms with Crippen LogP contribution in [0.4, 0.5) is 0 Å². The molecule has 124 valence electrons. The van der Waals surface area contributed by atoms with E-state index < -0.39 is 16.3 Å². The van der Waals surface area contributed by atoms with Crippen molar-refractivity contribution in [1.82, 2.24) is 5.32 Å². The Balaban J connectivity index is 2.06. The molecule has 0 amide bonds. The van der Waals surface area contributed by atoms with Crippen LogP contribution in [0, 0.1) is 0 Å². The molecule has 0 aliphatic heterocycles. The molecule has 0 aromatic heterocycles. The van der Waals surface area contributed by atoms with E-state index in [-0.39, 0.29) is 29.7 Å². The maximum atomic E-state index is 12.4. The van der Waals surface area contributed by atoms with Gasteiger partial charge in [-0.2, -0.15) is 8.42 Å². The Morgan fingerprint density at radius 1 is 1.22 bits per heavy atom. The number of allylic oxidation sites excluding steroid dienone is 2. The van der Waals surface area contributed by atoms with Gasteiger partial charge in [-0.1, -0.05) is 24.3 Å². The van der Waals surface area contributed by atoms with Gasteiger partial charge >= 0.3 is 0 Å². The van der Waals surface area contributed by atoms with Crippen molar-refractivity contribution in [3.63, 3.8) is 0 Å². The minimum atomic E-state index is -3.65. The molecule has 0 spiro atoms. The molecular weight excluding hydrogens is 320 g/mol. The van der Waals surface area contributed by atoms with Crippen molar-refractivity contribution in [2.24, 2.45) is 5.73 Å². The van der Waals surface area contributed by atoms with E-state index in [0.717, 1.165) is 6.26 Å². The molecular formula is C15H18N2O5S. The number of hydrogen-bond acceptors (Lipinski definition) is 7. The van der Waals surface area contributed by atoms with Crippen LogP contribution < -0.4 is 11.1 Å². The van der Waals surface area contributed by atoms with E-state index in [4.69, 9.17) is 5.73 Å². The van der Waals surface area contributed by atoms with Crippen LogP contribution in [0.5, 0.6) is 0 Å². The van der Waals surface area contributed by atoms with Crippen molar-refractivity contribution < 1.29 is 22.2 Å². The average Bonchev–Trinajstić information content (AvgIpc) is 2.42. The smallest absolute Gasteiger partial charge is 0.265 e. The lowest BCUT2D eigenvalue weighted by atomic mass is 9.92. The highest BCUT2D eigenvalue weighted by atomic mass is 32.2. The van der Waals surface area contributed by atoms with Crippen molar-refractivity contribution in [2.45, 2.75) is 25.6 Å². The van der Waals surface area contributed by atoms with Crippen LogP contribution in [-0.2, 0) is 14.3 Å². The average molecular weight is 338 g/mol. The normalized spacial score (nSPS) is 17.3. The number of benzene rings is 1. The fraction of sp³-hybridized carbons (Fsp3) is 0.333. The van der Waals surface area contributed by atoms with Crippen LogP contribution in [0.15, 0.2) is 36.0 Å². The molecule has 3 N–H and O–H groups in total. The molecule has 0 heterocycles. The number of carbonyl (C=O) groups is 2. The minimum Gasteiger partial charge on any atom is -0.379 e. The van der Waals surface area contributed by atoms with Crippen LogP contribution in [0.1, 0.15) is 34.1 Å². The molecule has 8 heteroatoms. The number of nitrogens with two attached hydrogens (primary N) is 1. The summed E-state index contributed by atoms with van der Waals surface area (Å²) in [5, 5.41) is 2.89. The molecule has 1 aromatic carbocycles. The molecule has 1 aromatic rings. The monoisotopic (exact) mass is 338 g/mol. The van der Waals surface area contributed by atoms with E-state index >= 15 is 0 Å². The first-order valence-electron chi connectivity index (χ1n) is 6.97. The lowest BCUT2D eigenvalue weighted by Crippen LogP contribution is -2.38. The van der Waals surface area contributed by atoms with E-state index in [1.165, 1.54) is 6.08 Å². The predicted molar refractivity (Wildman–Crippen MR) is 84.3 cm³/mol. The van der Waals surface area contributed by atoms with Gasteiger partial charge in [-0.05, 0) is 6.92 Å². The standard InChI is InChI=1S/C15H18N2O5S/c1-9(7-14(16)22-23(2,20)21)17-12-8-13(18)10-5-3-4-6-11(10)15(12)19/h3-6,8-9,14,17H,7,16H2,1-2H3. The van der Waals surface area contributed by atoms with Gasteiger partial charge in [0.1, 0.15) is 6.23 Å². The Morgan fingerprint density at radius 3 is 2.43 bits per heavy atom. The van der Waals surface area contributed by atoms with Crippen molar-refractivity contribution >= 4 is 21.7 Å². The number of nitrogens with one attached hydrogen (secondary N) is 1. The molecule has 2 rings (SSSR count). The number of carbonyl (C=O) groups excluding carboxylic acids is 2. The highest BCUT2D eigenvalue weighted by Gasteiger charge is 2.26. The van der Waals surface area contributed by atoms with Gasteiger partial charge in [-0.25, -0.2) is 0 Å². The van der Waals surface area contributed by atoms with Gasteiger partial charge in [-0.3, -0.25) is 13.8 Å². The Bertz CT molecular complexity index is 770. The Morgan fingerprint density at radius 2 is 1.83 bits per heavy atom. The van der Waals surface area contributed by atoms with Gasteiger partial charge in [0.05, 0.1) is 12.0 Å². The first kappa shape index (κ1) is 17.3. The largest absolute Gasteiger partial charge is 0.379 e. The highest BCUT2D eigenvalue weighted by Crippen LogP contribution is 2.20. The highest BCUT2D eigenvalue weighted by molar-refractivity contribution is 7.86. The fourth-order valence-corrected chi connectivity index (χ4v) is 2.89. The predicted octanol–water partition coefficient (Wildman–Crippen LogP) is 0.579. The maximum Gasteiger partial charge on any atom is 0.265 e. The molecule has 23 heavy (non-hydrogen) atoms. The summed E-state index contributed by atoms with van der Waals surface area (Å²) < 4.78 is 26.7. The summed E-state index contributed by atoms with van der Waals surface area (Å²) in [7, 11) is -3.65. The van der Waals surface area contributed by atoms with Crippen molar-refractivity contribution in [3.8, 4) is 0 Å². The van der Waals surface area contributed by atoms with Crippen LogP contribution >= 0.6 is 0 Å². The second-order valence-electron chi connectivity index (χ2n) is 5.42. The summed E-state index contributed by atoms with van der Waals surface area (Å²) in [6.45, 7) is 1.71. The second kappa shape index (κ2) is 6.61. The molecule has 1 aliphatic carbocycles. The second-order valence-corrected chi connectivity index (χ2v) is 7.02. The van der Waals surface area contributed by atoms with Gasteiger partial charge in [0.2, 0.25) is 5.78 Å².